The van der Waals surface area contributed by atoms with Crippen LogP contribution in [-0.2, 0) is 13.6 Å². The number of anilines is 1. The van der Waals surface area contributed by atoms with Crippen molar-refractivity contribution >= 4 is 29.2 Å². The predicted octanol–water partition coefficient (Wildman–Crippen LogP) is 4.04. The molecule has 0 aliphatic carbocycles. The number of nitrogens with one attached hydrogen (secondary N) is 2. The third-order valence-corrected chi connectivity index (χ3v) is 5.95. The van der Waals surface area contributed by atoms with E-state index in [1.807, 2.05) is 6.07 Å². The maximum Gasteiger partial charge on any atom is 0.272 e. The Morgan fingerprint density at radius 3 is 2.53 bits per heavy atom. The molecule has 0 atom stereocenters. The van der Waals surface area contributed by atoms with Crippen molar-refractivity contribution in [2.75, 3.05) is 5.32 Å². The normalized spacial score (nSPS) is 10.8. The van der Waals surface area contributed by atoms with E-state index in [0.717, 1.165) is 6.07 Å². The first-order valence-corrected chi connectivity index (χ1v) is 11.8. The van der Waals surface area contributed by atoms with Crippen LogP contribution in [-0.4, -0.2) is 41.3 Å². The SMILES string of the molecule is Cn1cnnc1CNC(=O)c1cc(NC(=O)c2cc(-c3ccccn3)c(F)cc2Cl)n(-c2ccccc2)n1. The topological polar surface area (TPSA) is 120 Å². The molecule has 0 saturated heterocycles. The summed E-state index contributed by atoms with van der Waals surface area (Å²) < 4.78 is 17.8. The highest BCUT2D eigenvalue weighted by Gasteiger charge is 2.21. The average Bonchev–Trinajstić information content (AvgIpc) is 3.54. The molecule has 190 valence electrons. The van der Waals surface area contributed by atoms with Gasteiger partial charge in [0.15, 0.2) is 11.5 Å². The van der Waals surface area contributed by atoms with Gasteiger partial charge in [0.1, 0.15) is 18.0 Å². The maximum atomic E-state index is 14.7. The molecule has 12 heteroatoms. The van der Waals surface area contributed by atoms with Crippen LogP contribution in [0, 0.1) is 5.82 Å². The highest BCUT2D eigenvalue weighted by atomic mass is 35.5. The first-order valence-electron chi connectivity index (χ1n) is 11.4. The van der Waals surface area contributed by atoms with Crippen LogP contribution >= 0.6 is 11.6 Å². The van der Waals surface area contributed by atoms with E-state index in [4.69, 9.17) is 11.6 Å². The quantitative estimate of drug-likeness (QED) is 0.328. The molecule has 0 unspecified atom stereocenters. The molecule has 3 aromatic heterocycles. The monoisotopic (exact) mass is 530 g/mol. The van der Waals surface area contributed by atoms with E-state index in [1.54, 1.807) is 54.1 Å². The van der Waals surface area contributed by atoms with E-state index in [0.29, 0.717) is 17.2 Å². The van der Waals surface area contributed by atoms with Gasteiger partial charge >= 0.3 is 0 Å². The number of amides is 2. The molecule has 5 aromatic rings. The van der Waals surface area contributed by atoms with Crippen molar-refractivity contribution in [1.29, 1.82) is 0 Å². The number of aryl methyl sites for hydroxylation is 1. The summed E-state index contributed by atoms with van der Waals surface area (Å²) in [5, 5.41) is 17.5. The van der Waals surface area contributed by atoms with Gasteiger partial charge in [-0.1, -0.05) is 35.9 Å². The van der Waals surface area contributed by atoms with Crippen molar-refractivity contribution in [2.24, 2.45) is 7.05 Å². The molecule has 0 saturated carbocycles. The summed E-state index contributed by atoms with van der Waals surface area (Å²) in [4.78, 5) is 30.3. The van der Waals surface area contributed by atoms with Crippen LogP contribution in [0.3, 0.4) is 0 Å². The van der Waals surface area contributed by atoms with Gasteiger partial charge in [0, 0.05) is 24.9 Å². The molecule has 3 heterocycles. The van der Waals surface area contributed by atoms with Gasteiger partial charge in [0.25, 0.3) is 11.8 Å². The fourth-order valence-electron chi connectivity index (χ4n) is 3.69. The zero-order valence-electron chi connectivity index (χ0n) is 20.0. The van der Waals surface area contributed by atoms with Crippen LogP contribution in [0.5, 0.6) is 0 Å². The average molecular weight is 531 g/mol. The van der Waals surface area contributed by atoms with Crippen molar-refractivity contribution in [3.63, 3.8) is 0 Å². The predicted molar refractivity (Wildman–Crippen MR) is 138 cm³/mol. The van der Waals surface area contributed by atoms with Crippen molar-refractivity contribution in [2.45, 2.75) is 6.54 Å². The lowest BCUT2D eigenvalue weighted by molar-refractivity contribution is 0.0943. The van der Waals surface area contributed by atoms with Crippen molar-refractivity contribution in [3.05, 3.63) is 107 Å². The second-order valence-corrected chi connectivity index (χ2v) is 8.59. The molecule has 2 N–H and O–H groups in total. The van der Waals surface area contributed by atoms with Gasteiger partial charge in [-0.05, 0) is 36.4 Å². The van der Waals surface area contributed by atoms with Crippen LogP contribution in [0.4, 0.5) is 10.2 Å². The van der Waals surface area contributed by atoms with Crippen LogP contribution in [0.15, 0.2) is 79.3 Å². The number of carbonyl (C=O) groups is 2. The van der Waals surface area contributed by atoms with Gasteiger partial charge in [0.05, 0.1) is 28.5 Å². The van der Waals surface area contributed by atoms with Crippen LogP contribution in [0.2, 0.25) is 5.02 Å². The van der Waals surface area contributed by atoms with Crippen LogP contribution in [0.25, 0.3) is 16.9 Å². The number of halogens is 2. The molecule has 38 heavy (non-hydrogen) atoms. The van der Waals surface area contributed by atoms with Gasteiger partial charge < -0.3 is 15.2 Å². The van der Waals surface area contributed by atoms with Gasteiger partial charge in [-0.3, -0.25) is 14.6 Å². The Morgan fingerprint density at radius 1 is 1.03 bits per heavy atom. The fourth-order valence-corrected chi connectivity index (χ4v) is 3.93. The second kappa shape index (κ2) is 10.6. The zero-order valence-corrected chi connectivity index (χ0v) is 20.7. The van der Waals surface area contributed by atoms with E-state index in [-0.39, 0.29) is 34.2 Å². The largest absolute Gasteiger partial charge is 0.343 e. The molecular weight excluding hydrogens is 511 g/mol. The summed E-state index contributed by atoms with van der Waals surface area (Å²) >= 11 is 6.24. The molecule has 0 aliphatic rings. The molecule has 10 nitrogen and oxygen atoms in total. The molecule has 0 spiro atoms. The van der Waals surface area contributed by atoms with E-state index in [2.05, 4.69) is 30.9 Å². The molecule has 2 amide bonds. The summed E-state index contributed by atoms with van der Waals surface area (Å²) in [6, 6.07) is 17.9. The second-order valence-electron chi connectivity index (χ2n) is 8.18. The van der Waals surface area contributed by atoms with Crippen molar-refractivity contribution in [1.82, 2.24) is 34.8 Å². The fraction of sp³-hybridized carbons (Fsp3) is 0.0769. The minimum Gasteiger partial charge on any atom is -0.343 e. The first kappa shape index (κ1) is 24.8. The molecular formula is C26H20ClFN8O2. The van der Waals surface area contributed by atoms with E-state index < -0.39 is 17.6 Å². The lowest BCUT2D eigenvalue weighted by Gasteiger charge is -2.11. The molecule has 0 bridgehead atoms. The number of pyridine rings is 1. The molecule has 0 aliphatic heterocycles. The highest BCUT2D eigenvalue weighted by molar-refractivity contribution is 6.34. The number of nitrogens with zero attached hydrogens (tertiary/aromatic N) is 6. The number of hydrogen-bond donors (Lipinski definition) is 2. The summed E-state index contributed by atoms with van der Waals surface area (Å²) in [7, 11) is 1.76. The van der Waals surface area contributed by atoms with Crippen molar-refractivity contribution < 1.29 is 14.0 Å². The van der Waals surface area contributed by atoms with Crippen LogP contribution in [0.1, 0.15) is 26.7 Å². The minimum atomic E-state index is -0.615. The number of rotatable bonds is 7. The smallest absolute Gasteiger partial charge is 0.272 e. The van der Waals surface area contributed by atoms with Gasteiger partial charge in [-0.15, -0.1) is 10.2 Å². The van der Waals surface area contributed by atoms with Gasteiger partial charge in [0.2, 0.25) is 0 Å². The number of benzene rings is 2. The summed E-state index contributed by atoms with van der Waals surface area (Å²) in [6.07, 6.45) is 3.05. The third-order valence-electron chi connectivity index (χ3n) is 5.64. The van der Waals surface area contributed by atoms with Gasteiger partial charge in [-0.25, -0.2) is 9.07 Å². The summed E-state index contributed by atoms with van der Waals surface area (Å²) in [6.45, 7) is 0.136. The maximum absolute atomic E-state index is 14.7. The molecule has 5 rings (SSSR count). The number of para-hydroxylation sites is 1. The lowest BCUT2D eigenvalue weighted by atomic mass is 10.1. The minimum absolute atomic E-state index is 0.0304. The Kier molecular flexibility index (Phi) is 6.92. The van der Waals surface area contributed by atoms with E-state index >= 15 is 0 Å². The zero-order chi connectivity index (χ0) is 26.6. The Balaban J connectivity index is 1.45. The Bertz CT molecular complexity index is 1620. The van der Waals surface area contributed by atoms with E-state index in [1.165, 1.54) is 29.3 Å². The molecule has 0 fully saturated rings. The number of hydrogen-bond acceptors (Lipinski definition) is 6. The molecule has 2 aromatic carbocycles. The Labute approximate surface area is 221 Å². The first-order chi connectivity index (χ1) is 18.4. The van der Waals surface area contributed by atoms with Crippen molar-refractivity contribution in [3.8, 4) is 16.9 Å². The Hall–Kier alpha value is -4.90. The summed E-state index contributed by atoms with van der Waals surface area (Å²) in [5.74, 6) is -0.930. The van der Waals surface area contributed by atoms with E-state index in [9.17, 15) is 14.0 Å². The Morgan fingerprint density at radius 2 is 1.82 bits per heavy atom. The lowest BCUT2D eigenvalue weighted by Crippen LogP contribution is -2.25. The highest BCUT2D eigenvalue weighted by Crippen LogP contribution is 2.28. The number of carbonyl (C=O) groups excluding carboxylic acids is 2. The summed E-state index contributed by atoms with van der Waals surface area (Å²) in [5.41, 5.74) is 1.18. The molecule has 0 radical (unpaired) electrons. The van der Waals surface area contributed by atoms with Gasteiger partial charge in [-0.2, -0.15) is 5.10 Å². The third kappa shape index (κ3) is 5.13. The number of aromatic nitrogens is 6. The van der Waals surface area contributed by atoms with Crippen LogP contribution < -0.4 is 10.6 Å². The standard InChI is InChI=1S/C26H20ClFN8O2/c1-35-15-31-33-24(35)14-30-26(38)22-13-23(36(34-22)16-7-3-2-4-8-16)32-25(37)17-11-18(20(28)12-19(17)27)21-9-5-6-10-29-21/h2-13,15H,14H2,1H3,(H,30,38)(H,32,37).